The third kappa shape index (κ3) is 4.50. The van der Waals surface area contributed by atoms with Gasteiger partial charge < -0.3 is 14.4 Å². The molecule has 1 aliphatic rings. The molecule has 26 heavy (non-hydrogen) atoms. The molecule has 2 heterocycles. The Morgan fingerprint density at radius 1 is 1.08 bits per heavy atom. The summed E-state index contributed by atoms with van der Waals surface area (Å²) < 4.78 is 15.1. The van der Waals surface area contributed by atoms with E-state index in [2.05, 4.69) is 0 Å². The van der Waals surface area contributed by atoms with Crippen molar-refractivity contribution in [1.29, 1.82) is 0 Å². The van der Waals surface area contributed by atoms with Gasteiger partial charge in [0.1, 0.15) is 5.82 Å². The van der Waals surface area contributed by atoms with Gasteiger partial charge in [-0.1, -0.05) is 12.1 Å². The average Bonchev–Trinajstić information content (AvgIpc) is 2.91. The van der Waals surface area contributed by atoms with Crippen LogP contribution in [0, 0.1) is 5.82 Å². The Labute approximate surface area is 153 Å². The second-order valence-electron chi connectivity index (χ2n) is 6.72. The van der Waals surface area contributed by atoms with Crippen LogP contribution in [0.1, 0.15) is 28.8 Å². The van der Waals surface area contributed by atoms with Crippen molar-refractivity contribution in [2.75, 3.05) is 26.2 Å². The quantitative estimate of drug-likeness (QED) is 0.844. The summed E-state index contributed by atoms with van der Waals surface area (Å²) in [5, 5.41) is 0. The van der Waals surface area contributed by atoms with Crippen molar-refractivity contribution < 1.29 is 14.0 Å². The molecular formula is C20H24FN3O2. The standard InChI is InChI=1S/C20H24FN3O2/c1-22-11-8-17(15-22)20(26)24-10-3-9-23(12-13-24)19(25)7-6-16-4-2-5-18(21)14-16/h2,4-5,8,11,14-15H,3,6-7,9-10,12-13H2,1H3. The Balaban J connectivity index is 1.52. The van der Waals surface area contributed by atoms with Gasteiger partial charge in [-0.3, -0.25) is 9.59 Å². The fourth-order valence-corrected chi connectivity index (χ4v) is 3.28. The number of halogens is 1. The van der Waals surface area contributed by atoms with Crippen LogP contribution in [0.4, 0.5) is 4.39 Å². The van der Waals surface area contributed by atoms with E-state index in [1.807, 2.05) is 45.9 Å². The van der Waals surface area contributed by atoms with Crippen LogP contribution in [0.3, 0.4) is 0 Å². The van der Waals surface area contributed by atoms with E-state index in [1.165, 1.54) is 12.1 Å². The molecule has 0 saturated carbocycles. The topological polar surface area (TPSA) is 45.6 Å². The fourth-order valence-electron chi connectivity index (χ4n) is 3.28. The Morgan fingerprint density at radius 2 is 1.85 bits per heavy atom. The van der Waals surface area contributed by atoms with Crippen LogP contribution < -0.4 is 0 Å². The molecule has 0 N–H and O–H groups in total. The van der Waals surface area contributed by atoms with E-state index >= 15 is 0 Å². The van der Waals surface area contributed by atoms with E-state index < -0.39 is 0 Å². The lowest BCUT2D eigenvalue weighted by Gasteiger charge is -2.22. The van der Waals surface area contributed by atoms with Crippen LogP contribution in [0.25, 0.3) is 0 Å². The van der Waals surface area contributed by atoms with Gasteiger partial charge in [-0.25, -0.2) is 4.39 Å². The highest BCUT2D eigenvalue weighted by molar-refractivity contribution is 5.94. The Hall–Kier alpha value is -2.63. The number of hydrogen-bond acceptors (Lipinski definition) is 2. The number of hydrogen-bond donors (Lipinski definition) is 0. The molecule has 0 bridgehead atoms. The number of aromatic nitrogens is 1. The zero-order valence-corrected chi connectivity index (χ0v) is 15.0. The van der Waals surface area contributed by atoms with Crippen molar-refractivity contribution in [3.8, 4) is 0 Å². The van der Waals surface area contributed by atoms with Gasteiger partial charge in [-0.2, -0.15) is 0 Å². The molecule has 3 rings (SSSR count). The molecule has 6 heteroatoms. The minimum Gasteiger partial charge on any atom is -0.356 e. The molecule has 5 nitrogen and oxygen atoms in total. The smallest absolute Gasteiger partial charge is 0.255 e. The lowest BCUT2D eigenvalue weighted by molar-refractivity contribution is -0.131. The van der Waals surface area contributed by atoms with Crippen molar-refractivity contribution in [3.05, 3.63) is 59.7 Å². The van der Waals surface area contributed by atoms with Gasteiger partial charge in [0.15, 0.2) is 0 Å². The summed E-state index contributed by atoms with van der Waals surface area (Å²) in [5.74, 6) is -0.206. The summed E-state index contributed by atoms with van der Waals surface area (Å²) in [4.78, 5) is 28.7. The maximum Gasteiger partial charge on any atom is 0.255 e. The van der Waals surface area contributed by atoms with Crippen LogP contribution in [0.5, 0.6) is 0 Å². The van der Waals surface area contributed by atoms with Crippen molar-refractivity contribution in [3.63, 3.8) is 0 Å². The summed E-state index contributed by atoms with van der Waals surface area (Å²) in [6, 6.07) is 8.18. The van der Waals surface area contributed by atoms with Crippen LogP contribution in [0.15, 0.2) is 42.7 Å². The SMILES string of the molecule is Cn1ccc(C(=O)N2CCCN(C(=O)CCc3cccc(F)c3)CC2)c1. The minimum absolute atomic E-state index is 0.0136. The van der Waals surface area contributed by atoms with Crippen LogP contribution in [0.2, 0.25) is 0 Å². The molecular weight excluding hydrogens is 333 g/mol. The number of amides is 2. The van der Waals surface area contributed by atoms with Gasteiger partial charge >= 0.3 is 0 Å². The van der Waals surface area contributed by atoms with E-state index in [0.717, 1.165) is 12.0 Å². The second kappa shape index (κ2) is 8.17. The normalized spacial score (nSPS) is 15.0. The zero-order valence-electron chi connectivity index (χ0n) is 15.0. The first-order valence-corrected chi connectivity index (χ1v) is 8.96. The molecule has 1 fully saturated rings. The predicted octanol–water partition coefficient (Wildman–Crippen LogP) is 2.47. The van der Waals surface area contributed by atoms with Gasteiger partial charge in [0.2, 0.25) is 5.91 Å². The molecule has 0 radical (unpaired) electrons. The summed E-state index contributed by atoms with van der Waals surface area (Å²) in [6.45, 7) is 2.39. The summed E-state index contributed by atoms with van der Waals surface area (Å²) in [7, 11) is 1.89. The summed E-state index contributed by atoms with van der Waals surface area (Å²) in [6.07, 6.45) is 5.32. The largest absolute Gasteiger partial charge is 0.356 e. The predicted molar refractivity (Wildman–Crippen MR) is 97.2 cm³/mol. The first-order chi connectivity index (χ1) is 12.5. The molecule has 0 atom stereocenters. The second-order valence-corrected chi connectivity index (χ2v) is 6.72. The Bertz CT molecular complexity index is 787. The third-order valence-electron chi connectivity index (χ3n) is 4.73. The van der Waals surface area contributed by atoms with Crippen molar-refractivity contribution in [1.82, 2.24) is 14.4 Å². The molecule has 0 unspecified atom stereocenters. The summed E-state index contributed by atoms with van der Waals surface area (Å²) >= 11 is 0. The Kier molecular flexibility index (Phi) is 5.71. The monoisotopic (exact) mass is 357 g/mol. The highest BCUT2D eigenvalue weighted by Gasteiger charge is 2.23. The van der Waals surface area contributed by atoms with Gasteiger partial charge in [-0.15, -0.1) is 0 Å². The molecule has 1 saturated heterocycles. The van der Waals surface area contributed by atoms with Gasteiger partial charge in [0.05, 0.1) is 5.56 Å². The molecule has 0 spiro atoms. The van der Waals surface area contributed by atoms with E-state index in [4.69, 9.17) is 0 Å². The van der Waals surface area contributed by atoms with E-state index in [9.17, 15) is 14.0 Å². The minimum atomic E-state index is -0.278. The van der Waals surface area contributed by atoms with E-state index in [0.29, 0.717) is 44.6 Å². The van der Waals surface area contributed by atoms with Gasteiger partial charge in [0.25, 0.3) is 5.91 Å². The molecule has 2 aromatic rings. The molecule has 1 aliphatic heterocycles. The van der Waals surface area contributed by atoms with Crippen LogP contribution in [-0.2, 0) is 18.3 Å². The van der Waals surface area contributed by atoms with Crippen molar-refractivity contribution in [2.24, 2.45) is 7.05 Å². The first-order valence-electron chi connectivity index (χ1n) is 8.96. The first kappa shape index (κ1) is 18.2. The molecule has 138 valence electrons. The van der Waals surface area contributed by atoms with Crippen LogP contribution in [-0.4, -0.2) is 52.4 Å². The zero-order chi connectivity index (χ0) is 18.5. The average molecular weight is 357 g/mol. The van der Waals surface area contributed by atoms with Gasteiger partial charge in [-0.05, 0) is 36.6 Å². The fraction of sp³-hybridized carbons (Fsp3) is 0.400. The lowest BCUT2D eigenvalue weighted by atomic mass is 10.1. The van der Waals surface area contributed by atoms with Crippen molar-refractivity contribution in [2.45, 2.75) is 19.3 Å². The van der Waals surface area contributed by atoms with E-state index in [-0.39, 0.29) is 17.6 Å². The molecule has 0 aliphatic carbocycles. The third-order valence-corrected chi connectivity index (χ3v) is 4.73. The highest BCUT2D eigenvalue weighted by Crippen LogP contribution is 2.12. The number of carbonyl (C=O) groups excluding carboxylic acids is 2. The molecule has 1 aromatic heterocycles. The number of nitrogens with zero attached hydrogens (tertiary/aromatic N) is 3. The molecule has 1 aromatic carbocycles. The maximum absolute atomic E-state index is 13.2. The lowest BCUT2D eigenvalue weighted by Crippen LogP contribution is -2.37. The van der Waals surface area contributed by atoms with Gasteiger partial charge in [0, 0.05) is 52.0 Å². The highest BCUT2D eigenvalue weighted by atomic mass is 19.1. The number of carbonyl (C=O) groups is 2. The van der Waals surface area contributed by atoms with Crippen molar-refractivity contribution >= 4 is 11.8 Å². The number of aryl methyl sites for hydroxylation is 2. The Morgan fingerprint density at radius 3 is 2.58 bits per heavy atom. The maximum atomic E-state index is 13.2. The number of rotatable bonds is 4. The summed E-state index contributed by atoms with van der Waals surface area (Å²) in [5.41, 5.74) is 1.51. The van der Waals surface area contributed by atoms with Crippen LogP contribution >= 0.6 is 0 Å². The molecule has 2 amide bonds. The number of benzene rings is 1. The van der Waals surface area contributed by atoms with E-state index in [1.54, 1.807) is 6.07 Å².